The molecule has 3 aromatic heterocycles. The predicted molar refractivity (Wildman–Crippen MR) is 104 cm³/mol. The van der Waals surface area contributed by atoms with Gasteiger partial charge < -0.3 is 5.32 Å². The molecule has 0 radical (unpaired) electrons. The lowest BCUT2D eigenvalue weighted by Crippen LogP contribution is -2.32. The van der Waals surface area contributed by atoms with Crippen molar-refractivity contribution in [1.29, 1.82) is 0 Å². The average Bonchev–Trinajstić information content (AvgIpc) is 3.35. The molecule has 1 N–H and O–H groups in total. The molecule has 5 rings (SSSR count). The maximum absolute atomic E-state index is 12.8. The van der Waals surface area contributed by atoms with Crippen molar-refractivity contribution in [2.45, 2.75) is 25.7 Å². The zero-order valence-corrected chi connectivity index (χ0v) is 15.1. The van der Waals surface area contributed by atoms with Gasteiger partial charge in [0, 0.05) is 36.7 Å². The van der Waals surface area contributed by atoms with Gasteiger partial charge in [0.15, 0.2) is 0 Å². The second kappa shape index (κ2) is 6.72. The monoisotopic (exact) mass is 358 g/mol. The third-order valence-electron chi connectivity index (χ3n) is 6.24. The van der Waals surface area contributed by atoms with Gasteiger partial charge in [-0.3, -0.25) is 14.8 Å². The minimum absolute atomic E-state index is 0.0909. The molecule has 0 spiro atoms. The summed E-state index contributed by atoms with van der Waals surface area (Å²) in [7, 11) is 0. The zero-order chi connectivity index (χ0) is 18.2. The molecule has 5 heteroatoms. The topological polar surface area (TPSA) is 67.8 Å². The molecular weight excluding hydrogens is 336 g/mol. The van der Waals surface area contributed by atoms with Crippen LogP contribution < -0.4 is 5.32 Å². The molecule has 1 amide bonds. The second-order valence-electron chi connectivity index (χ2n) is 7.83. The van der Waals surface area contributed by atoms with Gasteiger partial charge in [0.1, 0.15) is 5.69 Å². The van der Waals surface area contributed by atoms with Crippen molar-refractivity contribution >= 4 is 16.8 Å². The molecule has 27 heavy (non-hydrogen) atoms. The first-order valence-electron chi connectivity index (χ1n) is 9.71. The number of pyridine rings is 3. The van der Waals surface area contributed by atoms with Crippen LogP contribution >= 0.6 is 0 Å². The van der Waals surface area contributed by atoms with Gasteiger partial charge in [-0.1, -0.05) is 6.42 Å². The van der Waals surface area contributed by atoms with Crippen LogP contribution in [0, 0.1) is 17.8 Å². The number of nitrogens with one attached hydrogen (secondary N) is 1. The van der Waals surface area contributed by atoms with Crippen LogP contribution in [0.25, 0.3) is 22.0 Å². The van der Waals surface area contributed by atoms with Gasteiger partial charge in [-0.05, 0) is 72.4 Å². The zero-order valence-electron chi connectivity index (χ0n) is 15.1. The number of nitrogens with zero attached hydrogens (tertiary/aromatic N) is 3. The Balaban J connectivity index is 1.43. The summed E-state index contributed by atoms with van der Waals surface area (Å²) < 4.78 is 0. The Morgan fingerprint density at radius 3 is 2.70 bits per heavy atom. The molecule has 5 nitrogen and oxygen atoms in total. The molecule has 3 atom stereocenters. The number of aromatic nitrogens is 3. The van der Waals surface area contributed by atoms with Gasteiger partial charge in [-0.25, -0.2) is 4.98 Å². The molecule has 2 aliphatic rings. The lowest BCUT2D eigenvalue weighted by atomic mass is 9.89. The molecular formula is C22H22N4O. The van der Waals surface area contributed by atoms with E-state index in [2.05, 4.69) is 20.3 Å². The fourth-order valence-electron chi connectivity index (χ4n) is 4.90. The summed E-state index contributed by atoms with van der Waals surface area (Å²) in [5.74, 6) is 2.24. The Morgan fingerprint density at radius 1 is 1.07 bits per heavy atom. The molecule has 2 aliphatic carbocycles. The Labute approximate surface area is 158 Å². The number of carbonyl (C=O) groups is 1. The van der Waals surface area contributed by atoms with Crippen molar-refractivity contribution in [3.8, 4) is 11.1 Å². The standard InChI is InChI=1S/C22H22N4O/c27-22(25-12-17-10-14-1-2-16(17)9-14)21-11-18(15-3-6-23-7-4-15)19-13-24-8-5-20(19)26-21/h3-8,11,13-14,16-17H,1-2,9-10,12H2,(H,25,27). The first-order chi connectivity index (χ1) is 13.3. The molecule has 2 fully saturated rings. The molecule has 3 aromatic rings. The quantitative estimate of drug-likeness (QED) is 0.769. The summed E-state index contributed by atoms with van der Waals surface area (Å²) in [6.45, 7) is 0.765. The van der Waals surface area contributed by atoms with Crippen molar-refractivity contribution < 1.29 is 4.79 Å². The summed E-state index contributed by atoms with van der Waals surface area (Å²) in [4.78, 5) is 25.7. The van der Waals surface area contributed by atoms with E-state index in [1.165, 1.54) is 25.7 Å². The summed E-state index contributed by atoms with van der Waals surface area (Å²) in [5.41, 5.74) is 3.21. The van der Waals surface area contributed by atoms with E-state index in [0.29, 0.717) is 11.6 Å². The maximum atomic E-state index is 12.8. The van der Waals surface area contributed by atoms with Crippen LogP contribution in [-0.4, -0.2) is 27.4 Å². The highest BCUT2D eigenvalue weighted by Gasteiger charge is 2.39. The summed E-state index contributed by atoms with van der Waals surface area (Å²) in [5, 5.41) is 4.08. The summed E-state index contributed by atoms with van der Waals surface area (Å²) in [6, 6.07) is 7.61. The molecule has 0 aromatic carbocycles. The highest BCUT2D eigenvalue weighted by atomic mass is 16.1. The van der Waals surface area contributed by atoms with Gasteiger partial charge in [-0.15, -0.1) is 0 Å². The van der Waals surface area contributed by atoms with Gasteiger partial charge in [-0.2, -0.15) is 0 Å². The van der Waals surface area contributed by atoms with Crippen LogP contribution in [0.3, 0.4) is 0 Å². The number of hydrogen-bond acceptors (Lipinski definition) is 4. The van der Waals surface area contributed by atoms with Crippen LogP contribution in [0.2, 0.25) is 0 Å². The SMILES string of the molecule is O=C(NCC1CC2CCC1C2)c1cc(-c2ccncc2)c2cnccc2n1. The van der Waals surface area contributed by atoms with E-state index in [1.807, 2.05) is 24.3 Å². The normalized spacial score (nSPS) is 23.6. The van der Waals surface area contributed by atoms with E-state index >= 15 is 0 Å². The first-order valence-corrected chi connectivity index (χ1v) is 9.71. The van der Waals surface area contributed by atoms with Gasteiger partial charge in [0.25, 0.3) is 5.91 Å². The molecule has 3 unspecified atom stereocenters. The third-order valence-corrected chi connectivity index (χ3v) is 6.24. The van der Waals surface area contributed by atoms with Crippen LogP contribution in [0.5, 0.6) is 0 Å². The highest BCUT2D eigenvalue weighted by molar-refractivity contribution is 6.00. The summed E-state index contributed by atoms with van der Waals surface area (Å²) >= 11 is 0. The van der Waals surface area contributed by atoms with Crippen molar-refractivity contribution in [2.75, 3.05) is 6.54 Å². The van der Waals surface area contributed by atoms with E-state index < -0.39 is 0 Å². The Morgan fingerprint density at radius 2 is 1.93 bits per heavy atom. The Kier molecular flexibility index (Phi) is 4.07. The molecule has 3 heterocycles. The van der Waals surface area contributed by atoms with E-state index in [0.717, 1.165) is 40.4 Å². The molecule has 2 bridgehead atoms. The van der Waals surface area contributed by atoms with Gasteiger partial charge >= 0.3 is 0 Å². The van der Waals surface area contributed by atoms with Crippen LogP contribution in [-0.2, 0) is 0 Å². The van der Waals surface area contributed by atoms with E-state index in [-0.39, 0.29) is 5.91 Å². The molecule has 2 saturated carbocycles. The molecule has 136 valence electrons. The van der Waals surface area contributed by atoms with Crippen LogP contribution in [0.1, 0.15) is 36.2 Å². The van der Waals surface area contributed by atoms with Crippen molar-refractivity contribution in [1.82, 2.24) is 20.3 Å². The average molecular weight is 358 g/mol. The smallest absolute Gasteiger partial charge is 0.269 e. The van der Waals surface area contributed by atoms with E-state index in [4.69, 9.17) is 0 Å². The van der Waals surface area contributed by atoms with Crippen molar-refractivity contribution in [3.63, 3.8) is 0 Å². The fourth-order valence-corrected chi connectivity index (χ4v) is 4.90. The third kappa shape index (κ3) is 3.07. The maximum Gasteiger partial charge on any atom is 0.269 e. The minimum Gasteiger partial charge on any atom is -0.350 e. The fraction of sp³-hybridized carbons (Fsp3) is 0.364. The molecule has 0 aliphatic heterocycles. The van der Waals surface area contributed by atoms with Gasteiger partial charge in [0.2, 0.25) is 0 Å². The lowest BCUT2D eigenvalue weighted by Gasteiger charge is -2.21. The Hall–Kier alpha value is -2.82. The first kappa shape index (κ1) is 16.4. The minimum atomic E-state index is -0.0909. The number of fused-ring (bicyclic) bond motifs is 3. The van der Waals surface area contributed by atoms with Crippen molar-refractivity contribution in [3.05, 3.63) is 54.7 Å². The number of hydrogen-bond donors (Lipinski definition) is 1. The Bertz CT molecular complexity index is 988. The van der Waals surface area contributed by atoms with Crippen molar-refractivity contribution in [2.24, 2.45) is 17.8 Å². The molecule has 0 saturated heterocycles. The van der Waals surface area contributed by atoms with E-state index in [9.17, 15) is 4.79 Å². The number of carbonyl (C=O) groups excluding carboxylic acids is 1. The summed E-state index contributed by atoms with van der Waals surface area (Å²) in [6.07, 6.45) is 12.4. The largest absolute Gasteiger partial charge is 0.350 e. The lowest BCUT2D eigenvalue weighted by molar-refractivity contribution is 0.0937. The van der Waals surface area contributed by atoms with Crippen LogP contribution in [0.15, 0.2) is 49.1 Å². The predicted octanol–water partition coefficient (Wildman–Crippen LogP) is 3.86. The second-order valence-corrected chi connectivity index (χ2v) is 7.83. The number of rotatable bonds is 4. The number of amides is 1. The van der Waals surface area contributed by atoms with Gasteiger partial charge in [0.05, 0.1) is 5.52 Å². The van der Waals surface area contributed by atoms with E-state index in [1.54, 1.807) is 24.8 Å². The van der Waals surface area contributed by atoms with Crippen LogP contribution in [0.4, 0.5) is 0 Å². The highest BCUT2D eigenvalue weighted by Crippen LogP contribution is 2.47.